The number of rotatable bonds is 7. The number of hydrogen-bond donors (Lipinski definition) is 3. The molecule has 32 heavy (non-hydrogen) atoms. The number of carbonyl (C=O) groups is 1. The lowest BCUT2D eigenvalue weighted by molar-refractivity contribution is 0.159. The van der Waals surface area contributed by atoms with Crippen molar-refractivity contribution in [2.75, 3.05) is 19.0 Å². The molecule has 0 spiro atoms. The van der Waals surface area contributed by atoms with E-state index in [1.54, 1.807) is 48.0 Å². The van der Waals surface area contributed by atoms with E-state index < -0.39 is 6.09 Å². The summed E-state index contributed by atoms with van der Waals surface area (Å²) in [5.74, 6) is 12.0. The number of hydrazone groups is 1. The molecule has 0 aliphatic heterocycles. The van der Waals surface area contributed by atoms with Gasteiger partial charge in [0.2, 0.25) is 5.96 Å². The van der Waals surface area contributed by atoms with Gasteiger partial charge in [0, 0.05) is 7.05 Å². The van der Waals surface area contributed by atoms with Crippen LogP contribution in [0, 0.1) is 0 Å². The molecular formula is C20H25ClN8O3. The summed E-state index contributed by atoms with van der Waals surface area (Å²) in [7, 11) is 1.59. The van der Waals surface area contributed by atoms with E-state index in [1.807, 2.05) is 6.92 Å². The molecule has 0 saturated heterocycles. The Morgan fingerprint density at radius 3 is 2.78 bits per heavy atom. The van der Waals surface area contributed by atoms with Crippen molar-refractivity contribution < 1.29 is 14.3 Å². The lowest BCUT2D eigenvalue weighted by Crippen LogP contribution is -2.39. The molecule has 3 rings (SSSR count). The Kier molecular flexibility index (Phi) is 7.68. The average Bonchev–Trinajstić information content (AvgIpc) is 3.13. The summed E-state index contributed by atoms with van der Waals surface area (Å²) in [5.41, 5.74) is 1.67. The fourth-order valence-electron chi connectivity index (χ4n) is 2.86. The number of carbonyl (C=O) groups excluding carboxylic acids is 1. The van der Waals surface area contributed by atoms with E-state index in [2.05, 4.69) is 20.4 Å². The number of anilines is 1. The van der Waals surface area contributed by atoms with Crippen LogP contribution in [0.3, 0.4) is 0 Å². The molecular weight excluding hydrogens is 436 g/mol. The fourth-order valence-corrected chi connectivity index (χ4v) is 3.07. The number of hydrazine groups is 1. The highest BCUT2D eigenvalue weighted by atomic mass is 35.5. The first kappa shape index (κ1) is 23.1. The van der Waals surface area contributed by atoms with Crippen LogP contribution in [-0.2, 0) is 11.3 Å². The largest absolute Gasteiger partial charge is 0.458 e. The monoisotopic (exact) mass is 460 g/mol. The van der Waals surface area contributed by atoms with Crippen molar-refractivity contribution >= 4 is 40.5 Å². The second kappa shape index (κ2) is 10.6. The van der Waals surface area contributed by atoms with Crippen LogP contribution in [0.5, 0.6) is 6.01 Å². The summed E-state index contributed by atoms with van der Waals surface area (Å²) in [6, 6.07) is 10.6. The van der Waals surface area contributed by atoms with Crippen molar-refractivity contribution in [2.45, 2.75) is 26.4 Å². The number of nitrogens with one attached hydrogen (secondary N) is 1. The van der Waals surface area contributed by atoms with E-state index in [4.69, 9.17) is 32.8 Å². The summed E-state index contributed by atoms with van der Waals surface area (Å²) >= 11 is 6.29. The number of para-hydroxylation sites is 1. The number of pyridine rings is 1. The molecule has 1 amide bonds. The lowest BCUT2D eigenvalue weighted by atomic mass is 10.3. The summed E-state index contributed by atoms with van der Waals surface area (Å²) < 4.78 is 12.5. The molecule has 0 radical (unpaired) electrons. The van der Waals surface area contributed by atoms with Crippen LogP contribution in [0.25, 0.3) is 11.0 Å². The molecule has 3 aromatic rings. The summed E-state index contributed by atoms with van der Waals surface area (Å²) in [6.45, 7) is 2.42. The topological polar surface area (TPSA) is 146 Å². The van der Waals surface area contributed by atoms with Crippen molar-refractivity contribution in [3.63, 3.8) is 0 Å². The van der Waals surface area contributed by atoms with Crippen LogP contribution in [-0.4, -0.2) is 45.3 Å². The highest BCUT2D eigenvalue weighted by Gasteiger charge is 2.20. The molecule has 0 fully saturated rings. The van der Waals surface area contributed by atoms with Gasteiger partial charge in [-0.1, -0.05) is 37.1 Å². The van der Waals surface area contributed by atoms with Crippen molar-refractivity contribution in [1.29, 1.82) is 0 Å². The van der Waals surface area contributed by atoms with Gasteiger partial charge in [0.25, 0.3) is 0 Å². The molecule has 0 atom stereocenters. The summed E-state index contributed by atoms with van der Waals surface area (Å²) in [5, 5.41) is 8.02. The standard InChI is InChI=1S/C20H25ClN8O3/c1-3-4-11-31-20(30)25-16-10-5-7-13(24-16)12-32-19-26-17-14(21)8-6-9-15(17)29(19)18(27-22)28(2)23/h5-10H,3-4,11-12,22-23H2,1-2H3,(H,24,25,30)/b27-18+. The smallest absolute Gasteiger partial charge is 0.412 e. The van der Waals surface area contributed by atoms with Gasteiger partial charge in [-0.15, -0.1) is 5.10 Å². The molecule has 0 saturated carbocycles. The third kappa shape index (κ3) is 5.37. The van der Waals surface area contributed by atoms with Gasteiger partial charge in [0.1, 0.15) is 17.9 Å². The van der Waals surface area contributed by atoms with Gasteiger partial charge < -0.3 is 15.3 Å². The predicted molar refractivity (Wildman–Crippen MR) is 122 cm³/mol. The average molecular weight is 461 g/mol. The zero-order valence-corrected chi connectivity index (χ0v) is 18.5. The molecule has 5 N–H and O–H groups in total. The number of nitrogens with zero attached hydrogens (tertiary/aromatic N) is 5. The SMILES string of the molecule is CCCCOC(=O)Nc1cccc(COc2nc3c(Cl)cccc3n2/C(=N/N)N(C)N)n1. The Morgan fingerprint density at radius 1 is 1.28 bits per heavy atom. The van der Waals surface area contributed by atoms with E-state index in [9.17, 15) is 4.79 Å². The van der Waals surface area contributed by atoms with Crippen LogP contribution >= 0.6 is 11.6 Å². The van der Waals surface area contributed by atoms with E-state index in [0.717, 1.165) is 12.8 Å². The molecule has 1 aromatic carbocycles. The second-order valence-electron chi connectivity index (χ2n) is 6.79. The van der Waals surface area contributed by atoms with Gasteiger partial charge in [-0.3, -0.25) is 10.3 Å². The normalized spacial score (nSPS) is 11.4. The first-order valence-corrected chi connectivity index (χ1v) is 10.3. The molecule has 11 nitrogen and oxygen atoms in total. The Morgan fingerprint density at radius 2 is 2.06 bits per heavy atom. The number of aromatic nitrogens is 3. The van der Waals surface area contributed by atoms with Gasteiger partial charge in [0.05, 0.1) is 22.8 Å². The molecule has 170 valence electrons. The predicted octanol–water partition coefficient (Wildman–Crippen LogP) is 2.90. The second-order valence-corrected chi connectivity index (χ2v) is 7.20. The summed E-state index contributed by atoms with van der Waals surface area (Å²) in [6.07, 6.45) is 1.17. The first-order chi connectivity index (χ1) is 15.4. The van der Waals surface area contributed by atoms with Crippen molar-refractivity contribution in [1.82, 2.24) is 19.5 Å². The van der Waals surface area contributed by atoms with E-state index in [0.29, 0.717) is 34.2 Å². The van der Waals surface area contributed by atoms with Crippen molar-refractivity contribution in [3.8, 4) is 6.01 Å². The number of unbranched alkanes of at least 4 members (excludes halogenated alkanes) is 1. The molecule has 0 aliphatic rings. The van der Waals surface area contributed by atoms with E-state index in [-0.39, 0.29) is 18.6 Å². The number of hydrogen-bond acceptors (Lipinski definition) is 8. The Hall–Kier alpha value is -3.57. The Bertz CT molecular complexity index is 1120. The maximum absolute atomic E-state index is 11.9. The van der Waals surface area contributed by atoms with Crippen LogP contribution in [0.4, 0.5) is 10.6 Å². The van der Waals surface area contributed by atoms with Crippen LogP contribution < -0.4 is 21.7 Å². The van der Waals surface area contributed by atoms with Crippen molar-refractivity contribution in [2.24, 2.45) is 16.8 Å². The Balaban J connectivity index is 1.81. The third-order valence-corrected chi connectivity index (χ3v) is 4.66. The van der Waals surface area contributed by atoms with E-state index >= 15 is 0 Å². The number of halogens is 1. The van der Waals surface area contributed by atoms with Gasteiger partial charge in [-0.25, -0.2) is 20.2 Å². The number of nitrogens with two attached hydrogens (primary N) is 2. The zero-order chi connectivity index (χ0) is 23.1. The number of benzene rings is 1. The molecule has 2 aromatic heterocycles. The minimum atomic E-state index is -0.560. The number of amides is 1. The van der Waals surface area contributed by atoms with Gasteiger partial charge >= 0.3 is 12.1 Å². The molecule has 0 unspecified atom stereocenters. The lowest BCUT2D eigenvalue weighted by Gasteiger charge is -2.17. The minimum absolute atomic E-state index is 0.0491. The van der Waals surface area contributed by atoms with Crippen molar-refractivity contribution in [3.05, 3.63) is 47.1 Å². The van der Waals surface area contributed by atoms with Gasteiger partial charge in [-0.05, 0) is 30.7 Å². The Labute approximate surface area is 189 Å². The zero-order valence-electron chi connectivity index (χ0n) is 17.8. The number of imidazole rings is 1. The molecule has 0 aliphatic carbocycles. The maximum Gasteiger partial charge on any atom is 0.412 e. The van der Waals surface area contributed by atoms with Crippen LogP contribution in [0.2, 0.25) is 5.02 Å². The molecule has 12 heteroatoms. The van der Waals surface area contributed by atoms with E-state index in [1.165, 1.54) is 5.01 Å². The quantitative estimate of drug-likeness (QED) is 0.160. The highest BCUT2D eigenvalue weighted by molar-refractivity contribution is 6.35. The summed E-state index contributed by atoms with van der Waals surface area (Å²) in [4.78, 5) is 20.7. The first-order valence-electron chi connectivity index (χ1n) is 9.90. The maximum atomic E-state index is 11.9. The van der Waals surface area contributed by atoms with Crippen LogP contribution in [0.15, 0.2) is 41.5 Å². The molecule has 0 bridgehead atoms. The molecule has 2 heterocycles. The van der Waals surface area contributed by atoms with Gasteiger partial charge in [0.15, 0.2) is 0 Å². The van der Waals surface area contributed by atoms with Gasteiger partial charge in [-0.2, -0.15) is 4.98 Å². The highest BCUT2D eigenvalue weighted by Crippen LogP contribution is 2.28. The van der Waals surface area contributed by atoms with Crippen LogP contribution in [0.1, 0.15) is 25.5 Å². The third-order valence-electron chi connectivity index (χ3n) is 4.35. The fraction of sp³-hybridized carbons (Fsp3) is 0.300. The number of ether oxygens (including phenoxy) is 2. The minimum Gasteiger partial charge on any atom is -0.458 e. The number of fused-ring (bicyclic) bond motifs is 1.